The molecule has 3 aromatic rings. The van der Waals surface area contributed by atoms with E-state index in [1.54, 1.807) is 40.3 Å². The molecule has 1 aromatic carbocycles. The molecule has 0 radical (unpaired) electrons. The van der Waals surface area contributed by atoms with Gasteiger partial charge in [0.25, 0.3) is 0 Å². The Kier molecular flexibility index (Phi) is 4.37. The Morgan fingerprint density at radius 2 is 1.96 bits per heavy atom. The number of carbonyl (C=O) groups is 1. The number of anilines is 1. The highest BCUT2D eigenvalue weighted by Crippen LogP contribution is 2.34. The minimum absolute atomic E-state index is 0.117. The first-order valence-corrected chi connectivity index (χ1v) is 9.15. The summed E-state index contributed by atoms with van der Waals surface area (Å²) in [4.78, 5) is 27.0. The van der Waals surface area contributed by atoms with E-state index < -0.39 is 0 Å². The summed E-state index contributed by atoms with van der Waals surface area (Å²) in [6.45, 7) is 2.47. The van der Waals surface area contributed by atoms with E-state index in [0.717, 1.165) is 29.8 Å². The third-order valence-electron chi connectivity index (χ3n) is 5.34. The maximum Gasteiger partial charge on any atom is 0.328 e. The number of ether oxygens (including phenoxy) is 1. The smallest absolute Gasteiger partial charge is 0.328 e. The number of rotatable bonds is 3. The van der Waals surface area contributed by atoms with Crippen LogP contribution in [0, 0.1) is 6.92 Å². The van der Waals surface area contributed by atoms with Gasteiger partial charge in [0.2, 0.25) is 0 Å². The highest BCUT2D eigenvalue weighted by molar-refractivity contribution is 5.95. The van der Waals surface area contributed by atoms with E-state index in [4.69, 9.17) is 9.26 Å². The average molecular weight is 385 g/mol. The second-order valence-electron chi connectivity index (χ2n) is 7.09. The van der Waals surface area contributed by atoms with Crippen LogP contribution >= 0.6 is 0 Å². The van der Waals surface area contributed by atoms with Crippen LogP contribution in [-0.2, 0) is 14.1 Å². The van der Waals surface area contributed by atoms with Crippen molar-refractivity contribution in [1.29, 1.82) is 0 Å². The van der Waals surface area contributed by atoms with Crippen LogP contribution in [0.25, 0.3) is 11.0 Å². The van der Waals surface area contributed by atoms with Gasteiger partial charge in [-0.1, -0.05) is 5.16 Å². The zero-order chi connectivity index (χ0) is 20.0. The van der Waals surface area contributed by atoms with Crippen LogP contribution < -0.4 is 15.7 Å². The van der Waals surface area contributed by atoms with Gasteiger partial charge in [-0.05, 0) is 25.8 Å². The Balaban J connectivity index is 1.66. The van der Waals surface area contributed by atoms with E-state index in [1.165, 1.54) is 7.11 Å². The fourth-order valence-electron chi connectivity index (χ4n) is 3.84. The molecule has 0 aliphatic carbocycles. The zero-order valence-electron chi connectivity index (χ0n) is 16.4. The van der Waals surface area contributed by atoms with Crippen molar-refractivity contribution < 1.29 is 14.1 Å². The number of methoxy groups -OCH3 is 1. The summed E-state index contributed by atoms with van der Waals surface area (Å²) in [6, 6.07) is 5.03. The summed E-state index contributed by atoms with van der Waals surface area (Å²) in [5.41, 5.74) is 2.59. The van der Waals surface area contributed by atoms with E-state index in [2.05, 4.69) is 10.5 Å². The van der Waals surface area contributed by atoms with Crippen molar-refractivity contribution in [2.45, 2.75) is 25.8 Å². The van der Waals surface area contributed by atoms with E-state index >= 15 is 0 Å². The van der Waals surface area contributed by atoms with Gasteiger partial charge in [-0.25, -0.2) is 9.59 Å². The van der Waals surface area contributed by atoms with Crippen molar-refractivity contribution >= 4 is 22.8 Å². The number of aromatic nitrogens is 3. The summed E-state index contributed by atoms with van der Waals surface area (Å²) >= 11 is 0. The minimum atomic E-state index is -0.235. The summed E-state index contributed by atoms with van der Waals surface area (Å²) in [5.74, 6) is 1.22. The second kappa shape index (κ2) is 6.74. The lowest BCUT2D eigenvalue weighted by molar-refractivity contribution is 0.204. The molecule has 2 aromatic heterocycles. The molecule has 28 heavy (non-hydrogen) atoms. The molecule has 2 amide bonds. The van der Waals surface area contributed by atoms with Gasteiger partial charge >= 0.3 is 11.7 Å². The minimum Gasteiger partial charge on any atom is -0.494 e. The SMILES string of the molecule is COc1cc2c(cc1NC(=O)N1CCCC1c1cc(C)on1)n(C)c(=O)n2C. The lowest BCUT2D eigenvalue weighted by Gasteiger charge is -2.24. The molecule has 1 saturated heterocycles. The predicted molar refractivity (Wildman–Crippen MR) is 104 cm³/mol. The highest BCUT2D eigenvalue weighted by Gasteiger charge is 2.32. The molecule has 1 unspecified atom stereocenters. The molecule has 148 valence electrons. The largest absolute Gasteiger partial charge is 0.494 e. The van der Waals surface area contributed by atoms with Crippen molar-refractivity contribution in [3.8, 4) is 5.75 Å². The highest BCUT2D eigenvalue weighted by atomic mass is 16.5. The molecule has 9 nitrogen and oxygen atoms in total. The van der Waals surface area contributed by atoms with Crippen LogP contribution in [0.1, 0.15) is 30.3 Å². The fraction of sp³-hybridized carbons (Fsp3) is 0.421. The Hall–Kier alpha value is -3.23. The molecule has 0 saturated carbocycles. The van der Waals surface area contributed by atoms with Crippen LogP contribution in [0.2, 0.25) is 0 Å². The van der Waals surface area contributed by atoms with Crippen molar-refractivity contribution in [3.05, 3.63) is 40.1 Å². The average Bonchev–Trinajstić information content (AvgIpc) is 3.38. The van der Waals surface area contributed by atoms with Gasteiger partial charge in [0.05, 0.1) is 29.9 Å². The molecule has 1 atom stereocenters. The molecule has 1 aliphatic heterocycles. The molecule has 1 aliphatic rings. The Labute approximate surface area is 161 Å². The number of hydrogen-bond acceptors (Lipinski definition) is 5. The van der Waals surface area contributed by atoms with Gasteiger partial charge in [0, 0.05) is 32.8 Å². The number of amides is 2. The molecule has 0 spiro atoms. The number of carbonyl (C=O) groups excluding carboxylic acids is 1. The number of imidazole rings is 1. The van der Waals surface area contributed by atoms with Crippen molar-refractivity contribution in [2.75, 3.05) is 19.0 Å². The summed E-state index contributed by atoms with van der Waals surface area (Å²) in [7, 11) is 4.94. The first-order chi connectivity index (χ1) is 13.4. The lowest BCUT2D eigenvalue weighted by Crippen LogP contribution is -2.34. The van der Waals surface area contributed by atoms with Crippen LogP contribution in [0.15, 0.2) is 27.5 Å². The quantitative estimate of drug-likeness (QED) is 0.748. The number of urea groups is 1. The van der Waals surface area contributed by atoms with Crippen LogP contribution in [0.4, 0.5) is 10.5 Å². The summed E-state index contributed by atoms with van der Waals surface area (Å²) in [5, 5.41) is 7.01. The number of nitrogens with one attached hydrogen (secondary N) is 1. The first-order valence-electron chi connectivity index (χ1n) is 9.15. The van der Waals surface area contributed by atoms with Crippen LogP contribution in [0.5, 0.6) is 5.75 Å². The third-order valence-corrected chi connectivity index (χ3v) is 5.34. The summed E-state index contributed by atoms with van der Waals surface area (Å²) in [6.07, 6.45) is 1.73. The van der Waals surface area contributed by atoms with Crippen LogP contribution in [-0.4, -0.2) is 38.9 Å². The molecular formula is C19H23N5O4. The first kappa shape index (κ1) is 18.1. The van der Waals surface area contributed by atoms with Gasteiger partial charge in [-0.2, -0.15) is 0 Å². The predicted octanol–water partition coefficient (Wildman–Crippen LogP) is 2.55. The Bertz CT molecular complexity index is 1110. The van der Waals surface area contributed by atoms with Crippen LogP contribution in [0.3, 0.4) is 0 Å². The number of aryl methyl sites for hydroxylation is 3. The van der Waals surface area contributed by atoms with Gasteiger partial charge in [-0.15, -0.1) is 0 Å². The van der Waals surface area contributed by atoms with Crippen molar-refractivity contribution in [2.24, 2.45) is 14.1 Å². The van der Waals surface area contributed by atoms with E-state index in [1.807, 2.05) is 13.0 Å². The number of nitrogens with zero attached hydrogens (tertiary/aromatic N) is 4. The van der Waals surface area contributed by atoms with Gasteiger partial charge in [0.15, 0.2) is 0 Å². The van der Waals surface area contributed by atoms with Gasteiger partial charge in [0.1, 0.15) is 17.2 Å². The molecule has 0 bridgehead atoms. The lowest BCUT2D eigenvalue weighted by atomic mass is 10.1. The monoisotopic (exact) mass is 385 g/mol. The molecule has 3 heterocycles. The number of benzene rings is 1. The normalized spacial score (nSPS) is 16.7. The number of likely N-dealkylation sites (tertiary alicyclic amines) is 1. The maximum atomic E-state index is 13.0. The molecular weight excluding hydrogens is 362 g/mol. The Morgan fingerprint density at radius 1 is 1.25 bits per heavy atom. The van der Waals surface area contributed by atoms with Gasteiger partial charge in [-0.3, -0.25) is 9.13 Å². The zero-order valence-corrected chi connectivity index (χ0v) is 16.4. The molecule has 1 fully saturated rings. The topological polar surface area (TPSA) is 94.5 Å². The molecule has 4 rings (SSSR count). The van der Waals surface area contributed by atoms with Crippen molar-refractivity contribution in [1.82, 2.24) is 19.2 Å². The van der Waals surface area contributed by atoms with E-state index in [9.17, 15) is 9.59 Å². The fourth-order valence-corrected chi connectivity index (χ4v) is 3.84. The van der Waals surface area contributed by atoms with Crippen molar-refractivity contribution in [3.63, 3.8) is 0 Å². The standard InChI is InChI=1S/C19H23N5O4/c1-11-8-12(21-28-11)14-6-5-7-24(14)18(25)20-13-9-15-16(10-17(13)27-4)23(3)19(26)22(15)2/h8-10,14H,5-7H2,1-4H3,(H,20,25). The Morgan fingerprint density at radius 3 is 2.61 bits per heavy atom. The van der Waals surface area contributed by atoms with Gasteiger partial charge < -0.3 is 19.5 Å². The third kappa shape index (κ3) is 2.83. The number of hydrogen-bond donors (Lipinski definition) is 1. The maximum absolute atomic E-state index is 13.0. The van der Waals surface area contributed by atoms with E-state index in [0.29, 0.717) is 23.5 Å². The number of fused-ring (bicyclic) bond motifs is 1. The second-order valence-corrected chi connectivity index (χ2v) is 7.09. The summed E-state index contributed by atoms with van der Waals surface area (Å²) < 4.78 is 13.7. The van der Waals surface area contributed by atoms with E-state index in [-0.39, 0.29) is 17.8 Å². The molecule has 9 heteroatoms. The molecule has 1 N–H and O–H groups in total.